The lowest BCUT2D eigenvalue weighted by atomic mass is 9.90. The van der Waals surface area contributed by atoms with E-state index >= 15 is 0 Å². The van der Waals surface area contributed by atoms with Crippen LogP contribution in [0.5, 0.6) is 0 Å². The fraction of sp³-hybridized carbons (Fsp3) is 0.345. The van der Waals surface area contributed by atoms with Crippen LogP contribution in [0.1, 0.15) is 36.0 Å². The van der Waals surface area contributed by atoms with Crippen molar-refractivity contribution >= 4 is 11.4 Å². The molecule has 0 aliphatic carbocycles. The lowest BCUT2D eigenvalue weighted by Crippen LogP contribution is -2.39. The fourth-order valence-corrected chi connectivity index (χ4v) is 4.95. The van der Waals surface area contributed by atoms with Crippen molar-refractivity contribution in [2.24, 2.45) is 5.92 Å². The predicted octanol–water partition coefficient (Wildman–Crippen LogP) is 4.65. The van der Waals surface area contributed by atoms with Crippen LogP contribution in [-0.2, 0) is 17.8 Å². The van der Waals surface area contributed by atoms with E-state index in [2.05, 4.69) is 55.3 Å². The summed E-state index contributed by atoms with van der Waals surface area (Å²) in [6.07, 6.45) is 6.99. The average molecular weight is 469 g/mol. The second-order valence-corrected chi connectivity index (χ2v) is 9.72. The molecule has 4 aromatic rings. The molecule has 35 heavy (non-hydrogen) atoms. The largest absolute Gasteiger partial charge is 0.343 e. The molecule has 6 heteroatoms. The van der Waals surface area contributed by atoms with Crippen LogP contribution in [0, 0.1) is 19.8 Å². The minimum absolute atomic E-state index is 0.121. The molecule has 1 aliphatic rings. The summed E-state index contributed by atoms with van der Waals surface area (Å²) in [7, 11) is 0. The Labute approximate surface area is 205 Å². The molecular formula is C29H32N4O2. The molecule has 2 aromatic carbocycles. The highest BCUT2D eigenvalue weighted by molar-refractivity contribution is 5.76. The Morgan fingerprint density at radius 3 is 2.49 bits per heavy atom. The molecule has 5 rings (SSSR count). The quantitative estimate of drug-likeness (QED) is 0.414. The number of hydrogen-bond acceptors (Lipinski definition) is 3. The van der Waals surface area contributed by atoms with Gasteiger partial charge in [0.05, 0.1) is 5.69 Å². The van der Waals surface area contributed by atoms with Gasteiger partial charge in [-0.1, -0.05) is 42.5 Å². The zero-order valence-electron chi connectivity index (χ0n) is 20.5. The van der Waals surface area contributed by atoms with Gasteiger partial charge in [0, 0.05) is 44.0 Å². The van der Waals surface area contributed by atoms with Crippen LogP contribution in [0.3, 0.4) is 0 Å². The van der Waals surface area contributed by atoms with E-state index in [1.54, 1.807) is 21.5 Å². The number of benzene rings is 2. The lowest BCUT2D eigenvalue weighted by molar-refractivity contribution is -0.132. The Kier molecular flexibility index (Phi) is 6.53. The number of rotatable bonds is 6. The molecule has 1 saturated heterocycles. The highest BCUT2D eigenvalue weighted by Gasteiger charge is 2.23. The molecule has 1 aliphatic heterocycles. The molecule has 3 heterocycles. The van der Waals surface area contributed by atoms with Gasteiger partial charge in [0.25, 0.3) is 5.56 Å². The number of aromatic nitrogens is 3. The Hall–Kier alpha value is -3.67. The summed E-state index contributed by atoms with van der Waals surface area (Å²) in [5.74, 6) is 0.749. The molecule has 0 bridgehead atoms. The molecule has 0 unspecified atom stereocenters. The van der Waals surface area contributed by atoms with Crippen molar-refractivity contribution in [3.8, 4) is 11.3 Å². The predicted molar refractivity (Wildman–Crippen MR) is 138 cm³/mol. The van der Waals surface area contributed by atoms with Crippen LogP contribution in [-0.4, -0.2) is 38.1 Å². The van der Waals surface area contributed by atoms with Crippen LogP contribution in [0.4, 0.5) is 0 Å². The third kappa shape index (κ3) is 5.06. The zero-order chi connectivity index (χ0) is 24.4. The van der Waals surface area contributed by atoms with E-state index in [-0.39, 0.29) is 11.5 Å². The van der Waals surface area contributed by atoms with Gasteiger partial charge >= 0.3 is 0 Å². The number of carbonyl (C=O) groups is 1. The van der Waals surface area contributed by atoms with Gasteiger partial charge in [-0.25, -0.2) is 4.52 Å². The molecule has 0 saturated carbocycles. The Morgan fingerprint density at radius 2 is 1.74 bits per heavy atom. The Balaban J connectivity index is 1.20. The van der Waals surface area contributed by atoms with Crippen molar-refractivity contribution in [1.82, 2.24) is 19.1 Å². The SMILES string of the molecule is Cc1ccc(-c2cc3c(=O)n(CCC(=O)N4CCC(Cc5ccccc5)CC4)ccn3n2)cc1C. The van der Waals surface area contributed by atoms with Gasteiger partial charge in [-0.15, -0.1) is 0 Å². The van der Waals surface area contributed by atoms with E-state index in [4.69, 9.17) is 0 Å². The summed E-state index contributed by atoms with van der Waals surface area (Å²) in [5, 5.41) is 4.59. The minimum Gasteiger partial charge on any atom is -0.343 e. The van der Waals surface area contributed by atoms with Crippen LogP contribution in [0.15, 0.2) is 71.8 Å². The summed E-state index contributed by atoms with van der Waals surface area (Å²) in [6, 6.07) is 18.6. The van der Waals surface area contributed by atoms with Gasteiger partial charge < -0.3 is 9.47 Å². The fourth-order valence-electron chi connectivity index (χ4n) is 4.95. The smallest absolute Gasteiger partial charge is 0.276 e. The lowest BCUT2D eigenvalue weighted by Gasteiger charge is -2.32. The first-order valence-electron chi connectivity index (χ1n) is 12.5. The van der Waals surface area contributed by atoms with Crippen molar-refractivity contribution in [2.75, 3.05) is 13.1 Å². The number of carbonyl (C=O) groups excluding carboxylic acids is 1. The van der Waals surface area contributed by atoms with Gasteiger partial charge in [-0.3, -0.25) is 9.59 Å². The third-order valence-corrected chi connectivity index (χ3v) is 7.31. The monoisotopic (exact) mass is 468 g/mol. The van der Waals surface area contributed by atoms with Crippen molar-refractivity contribution < 1.29 is 4.79 Å². The molecule has 6 nitrogen and oxygen atoms in total. The zero-order valence-corrected chi connectivity index (χ0v) is 20.5. The first-order valence-corrected chi connectivity index (χ1v) is 12.5. The first kappa shape index (κ1) is 23.1. The number of aryl methyl sites for hydroxylation is 3. The van der Waals surface area contributed by atoms with Gasteiger partial charge in [-0.2, -0.15) is 5.10 Å². The maximum absolute atomic E-state index is 13.1. The van der Waals surface area contributed by atoms with Crippen LogP contribution >= 0.6 is 0 Å². The minimum atomic E-state index is -0.121. The highest BCUT2D eigenvalue weighted by atomic mass is 16.2. The number of amides is 1. The molecule has 0 spiro atoms. The molecular weight excluding hydrogens is 436 g/mol. The summed E-state index contributed by atoms with van der Waals surface area (Å²) in [6.45, 7) is 6.13. The highest BCUT2D eigenvalue weighted by Crippen LogP contribution is 2.23. The normalized spacial score (nSPS) is 14.5. The van der Waals surface area contributed by atoms with Gasteiger partial charge in [0.1, 0.15) is 5.52 Å². The number of piperidine rings is 1. The van der Waals surface area contributed by atoms with E-state index in [1.807, 2.05) is 23.1 Å². The standard InChI is InChI=1S/C29H32N4O2/c1-21-8-9-25(18-22(21)2)26-20-27-29(35)32(16-17-33(27)30-26)15-12-28(34)31-13-10-24(11-14-31)19-23-6-4-3-5-7-23/h3-9,16-18,20,24H,10-15,19H2,1-2H3. The van der Waals surface area contributed by atoms with Crippen molar-refractivity contribution in [2.45, 2.75) is 46.1 Å². The maximum Gasteiger partial charge on any atom is 0.276 e. The first-order chi connectivity index (χ1) is 17.0. The van der Waals surface area contributed by atoms with E-state index in [0.717, 1.165) is 43.6 Å². The molecule has 1 fully saturated rings. The number of hydrogen-bond donors (Lipinski definition) is 0. The Morgan fingerprint density at radius 1 is 0.971 bits per heavy atom. The van der Waals surface area contributed by atoms with Crippen LogP contribution < -0.4 is 5.56 Å². The van der Waals surface area contributed by atoms with E-state index in [9.17, 15) is 9.59 Å². The van der Waals surface area contributed by atoms with Crippen LogP contribution in [0.25, 0.3) is 16.8 Å². The summed E-state index contributed by atoms with van der Waals surface area (Å²) in [5.41, 5.74) is 5.96. The van der Waals surface area contributed by atoms with Gasteiger partial charge in [-0.05, 0) is 67.9 Å². The average Bonchev–Trinajstić information content (AvgIpc) is 3.31. The second-order valence-electron chi connectivity index (χ2n) is 9.72. The van der Waals surface area contributed by atoms with Crippen molar-refractivity contribution in [1.29, 1.82) is 0 Å². The summed E-state index contributed by atoms with van der Waals surface area (Å²) < 4.78 is 3.25. The molecule has 180 valence electrons. The van der Waals surface area contributed by atoms with Gasteiger partial charge in [0.15, 0.2) is 0 Å². The second kappa shape index (κ2) is 9.90. The summed E-state index contributed by atoms with van der Waals surface area (Å²) >= 11 is 0. The van der Waals surface area contributed by atoms with Crippen molar-refractivity contribution in [3.63, 3.8) is 0 Å². The third-order valence-electron chi connectivity index (χ3n) is 7.31. The Bertz CT molecular complexity index is 1400. The topological polar surface area (TPSA) is 59.6 Å². The van der Waals surface area contributed by atoms with Crippen molar-refractivity contribution in [3.05, 3.63) is 94.0 Å². The molecule has 0 radical (unpaired) electrons. The molecule has 0 atom stereocenters. The number of nitrogens with zero attached hydrogens (tertiary/aromatic N) is 4. The van der Waals surface area contributed by atoms with E-state index in [0.29, 0.717) is 24.4 Å². The van der Waals surface area contributed by atoms with E-state index < -0.39 is 0 Å². The number of fused-ring (bicyclic) bond motifs is 1. The molecule has 2 aromatic heterocycles. The molecule has 1 amide bonds. The van der Waals surface area contributed by atoms with Gasteiger partial charge in [0.2, 0.25) is 5.91 Å². The number of likely N-dealkylation sites (tertiary alicyclic amines) is 1. The van der Waals surface area contributed by atoms with Crippen LogP contribution in [0.2, 0.25) is 0 Å². The molecule has 0 N–H and O–H groups in total. The summed E-state index contributed by atoms with van der Waals surface area (Å²) in [4.78, 5) is 27.9. The maximum atomic E-state index is 13.1. The van der Waals surface area contributed by atoms with E-state index in [1.165, 1.54) is 16.7 Å².